The van der Waals surface area contributed by atoms with E-state index in [0.29, 0.717) is 0 Å². The number of hydrogen-bond donors (Lipinski definition) is 2. The molecule has 1 aromatic heterocycles. The predicted molar refractivity (Wildman–Crippen MR) is 85.7 cm³/mol. The first kappa shape index (κ1) is 14.5. The molecule has 0 saturated heterocycles. The van der Waals surface area contributed by atoms with Crippen LogP contribution < -0.4 is 11.1 Å². The molecule has 0 unspecified atom stereocenters. The summed E-state index contributed by atoms with van der Waals surface area (Å²) in [5.41, 5.74) is 1.79. The van der Waals surface area contributed by atoms with Gasteiger partial charge in [0.15, 0.2) is 5.56 Å². The Morgan fingerprint density at radius 2 is 1.78 bits per heavy atom. The Bertz CT molecular complexity index is 946. The minimum atomic E-state index is -0.923. The molecule has 6 heteroatoms. The first-order valence-corrected chi connectivity index (χ1v) is 6.80. The lowest BCUT2D eigenvalue weighted by Gasteiger charge is -2.04. The number of nitrogens with one attached hydrogen (secondary N) is 1. The normalized spacial score (nSPS) is 11.0. The fourth-order valence-electron chi connectivity index (χ4n) is 2.09. The highest BCUT2D eigenvalue weighted by Gasteiger charge is 2.20. The molecule has 0 bridgehead atoms. The Kier molecular flexibility index (Phi) is 3.88. The quantitative estimate of drug-likeness (QED) is 0.441. The van der Waals surface area contributed by atoms with E-state index in [1.807, 2.05) is 18.2 Å². The molecular formula is C17H12N2O4. The van der Waals surface area contributed by atoms with Crippen molar-refractivity contribution in [2.24, 2.45) is 5.10 Å². The Morgan fingerprint density at radius 1 is 1.09 bits per heavy atom. The summed E-state index contributed by atoms with van der Waals surface area (Å²) in [6.45, 7) is 0. The number of fused-ring (bicyclic) bond motifs is 1. The van der Waals surface area contributed by atoms with Gasteiger partial charge in [-0.15, -0.1) is 0 Å². The van der Waals surface area contributed by atoms with E-state index < -0.39 is 22.8 Å². The van der Waals surface area contributed by atoms with Gasteiger partial charge in [-0.05, 0) is 17.7 Å². The lowest BCUT2D eigenvalue weighted by atomic mass is 10.1. The highest BCUT2D eigenvalue weighted by Crippen LogP contribution is 2.25. The number of aromatic hydroxyl groups is 1. The predicted octanol–water partition coefficient (Wildman–Crippen LogP) is 2.26. The molecule has 1 heterocycles. The third kappa shape index (κ3) is 2.96. The van der Waals surface area contributed by atoms with Crippen molar-refractivity contribution >= 4 is 23.1 Å². The van der Waals surface area contributed by atoms with Crippen LogP contribution in [0.2, 0.25) is 0 Å². The third-order valence-corrected chi connectivity index (χ3v) is 3.19. The summed E-state index contributed by atoms with van der Waals surface area (Å²) in [6, 6.07) is 15.5. The van der Waals surface area contributed by atoms with Crippen molar-refractivity contribution in [2.75, 3.05) is 0 Å². The first-order chi connectivity index (χ1) is 11.2. The zero-order chi connectivity index (χ0) is 16.2. The molecule has 0 atom stereocenters. The van der Waals surface area contributed by atoms with Crippen LogP contribution in [0.3, 0.4) is 0 Å². The summed E-state index contributed by atoms with van der Waals surface area (Å²) < 4.78 is 5.03. The van der Waals surface area contributed by atoms with E-state index in [4.69, 9.17) is 4.42 Å². The third-order valence-electron chi connectivity index (χ3n) is 3.19. The minimum Gasteiger partial charge on any atom is -0.506 e. The number of amides is 1. The zero-order valence-electron chi connectivity index (χ0n) is 11.9. The molecule has 0 saturated carbocycles. The summed E-state index contributed by atoms with van der Waals surface area (Å²) in [6.07, 6.45) is 1.43. The molecule has 0 aliphatic rings. The van der Waals surface area contributed by atoms with Crippen LogP contribution >= 0.6 is 0 Å². The second-order valence-electron chi connectivity index (χ2n) is 4.72. The van der Waals surface area contributed by atoms with Crippen molar-refractivity contribution in [3.63, 3.8) is 0 Å². The second kappa shape index (κ2) is 6.15. The van der Waals surface area contributed by atoms with Crippen molar-refractivity contribution in [1.29, 1.82) is 0 Å². The van der Waals surface area contributed by atoms with E-state index in [1.54, 1.807) is 30.3 Å². The molecule has 3 aromatic rings. The number of nitrogens with zero attached hydrogens (tertiary/aromatic N) is 1. The zero-order valence-corrected chi connectivity index (χ0v) is 11.9. The number of hydrazone groups is 1. The Labute approximate surface area is 130 Å². The second-order valence-corrected chi connectivity index (χ2v) is 4.72. The van der Waals surface area contributed by atoms with Crippen LogP contribution in [0.15, 0.2) is 68.9 Å². The molecule has 0 radical (unpaired) electrons. The lowest BCUT2D eigenvalue weighted by molar-refractivity contribution is 0.0949. The molecule has 0 fully saturated rings. The van der Waals surface area contributed by atoms with E-state index in [0.717, 1.165) is 5.56 Å². The van der Waals surface area contributed by atoms with Crippen LogP contribution in [0.25, 0.3) is 11.0 Å². The van der Waals surface area contributed by atoms with Gasteiger partial charge in [0.1, 0.15) is 11.3 Å². The molecule has 0 aliphatic carbocycles. The van der Waals surface area contributed by atoms with Gasteiger partial charge in [-0.1, -0.05) is 42.5 Å². The summed E-state index contributed by atoms with van der Waals surface area (Å²) in [5.74, 6) is -1.27. The van der Waals surface area contributed by atoms with Crippen LogP contribution in [0.4, 0.5) is 0 Å². The van der Waals surface area contributed by atoms with Crippen LogP contribution in [0.1, 0.15) is 15.9 Å². The van der Waals surface area contributed by atoms with Crippen molar-refractivity contribution in [1.82, 2.24) is 5.43 Å². The number of rotatable bonds is 3. The topological polar surface area (TPSA) is 91.9 Å². The minimum absolute atomic E-state index is 0.208. The Morgan fingerprint density at radius 3 is 2.57 bits per heavy atom. The average Bonchev–Trinajstić information content (AvgIpc) is 2.56. The van der Waals surface area contributed by atoms with Crippen LogP contribution in [-0.2, 0) is 0 Å². The summed E-state index contributed by atoms with van der Waals surface area (Å²) >= 11 is 0. The molecule has 114 valence electrons. The summed E-state index contributed by atoms with van der Waals surface area (Å²) in [7, 11) is 0. The number of hydrogen-bond acceptors (Lipinski definition) is 5. The van der Waals surface area contributed by atoms with Gasteiger partial charge in [0.2, 0.25) is 0 Å². The maximum absolute atomic E-state index is 12.1. The molecule has 0 aliphatic heterocycles. The van der Waals surface area contributed by atoms with E-state index >= 15 is 0 Å². The van der Waals surface area contributed by atoms with E-state index in [9.17, 15) is 14.7 Å². The SMILES string of the molecule is O=C(NN=Cc1ccccc1)c1c(O)c2ccccc2oc1=O. The fraction of sp³-hybridized carbons (Fsp3) is 0. The average molecular weight is 308 g/mol. The van der Waals surface area contributed by atoms with Crippen LogP contribution in [0, 0.1) is 0 Å². The smallest absolute Gasteiger partial charge is 0.353 e. The van der Waals surface area contributed by atoms with Gasteiger partial charge >= 0.3 is 5.63 Å². The molecule has 1 amide bonds. The maximum Gasteiger partial charge on any atom is 0.353 e. The van der Waals surface area contributed by atoms with Crippen molar-refractivity contribution in [3.8, 4) is 5.75 Å². The summed E-state index contributed by atoms with van der Waals surface area (Å²) in [5, 5.41) is 14.2. The number of carbonyl (C=O) groups is 1. The molecule has 3 rings (SSSR count). The van der Waals surface area contributed by atoms with Crippen LogP contribution in [0.5, 0.6) is 5.75 Å². The Balaban J connectivity index is 1.89. The highest BCUT2D eigenvalue weighted by atomic mass is 16.4. The van der Waals surface area contributed by atoms with Gasteiger partial charge in [0.25, 0.3) is 5.91 Å². The van der Waals surface area contributed by atoms with Crippen molar-refractivity contribution in [3.05, 3.63) is 76.1 Å². The van der Waals surface area contributed by atoms with Gasteiger partial charge < -0.3 is 9.52 Å². The summed E-state index contributed by atoms with van der Waals surface area (Å²) in [4.78, 5) is 24.0. The maximum atomic E-state index is 12.1. The highest BCUT2D eigenvalue weighted by molar-refractivity contribution is 6.01. The molecular weight excluding hydrogens is 296 g/mol. The van der Waals surface area contributed by atoms with Gasteiger partial charge in [0.05, 0.1) is 11.6 Å². The molecule has 0 spiro atoms. The van der Waals surface area contributed by atoms with Crippen LogP contribution in [-0.4, -0.2) is 17.2 Å². The molecule has 2 N–H and O–H groups in total. The lowest BCUT2D eigenvalue weighted by Crippen LogP contribution is -2.24. The van der Waals surface area contributed by atoms with Crippen molar-refractivity contribution < 1.29 is 14.3 Å². The monoisotopic (exact) mass is 308 g/mol. The first-order valence-electron chi connectivity index (χ1n) is 6.80. The van der Waals surface area contributed by atoms with E-state index in [2.05, 4.69) is 10.5 Å². The van der Waals surface area contributed by atoms with Crippen molar-refractivity contribution in [2.45, 2.75) is 0 Å². The van der Waals surface area contributed by atoms with Gasteiger partial charge in [-0.3, -0.25) is 4.79 Å². The van der Waals surface area contributed by atoms with E-state index in [1.165, 1.54) is 12.3 Å². The number of benzene rings is 2. The molecule has 6 nitrogen and oxygen atoms in total. The fourth-order valence-corrected chi connectivity index (χ4v) is 2.09. The largest absolute Gasteiger partial charge is 0.506 e. The van der Waals surface area contributed by atoms with Gasteiger partial charge in [0, 0.05) is 0 Å². The molecule has 23 heavy (non-hydrogen) atoms. The van der Waals surface area contributed by atoms with E-state index in [-0.39, 0.29) is 11.0 Å². The van der Waals surface area contributed by atoms with Gasteiger partial charge in [-0.25, -0.2) is 10.2 Å². The Hall–Kier alpha value is -3.41. The molecule has 2 aromatic carbocycles. The van der Waals surface area contributed by atoms with Gasteiger partial charge in [-0.2, -0.15) is 5.10 Å². The number of carbonyl (C=O) groups excluding carboxylic acids is 1. The standard InChI is InChI=1S/C17H12N2O4/c20-15-12-8-4-5-9-13(12)23-17(22)14(15)16(21)19-18-10-11-6-2-1-3-7-11/h1-10,20H,(H,19,21). The number of para-hydroxylation sites is 1.